The zero-order chi connectivity index (χ0) is 16.4. The monoisotopic (exact) mass is 300 g/mol. The topological polar surface area (TPSA) is 36.7 Å². The highest BCUT2D eigenvalue weighted by Gasteiger charge is 2.12. The first-order valence-corrected chi connectivity index (χ1v) is 7.83. The maximum absolute atomic E-state index is 8.95. The lowest BCUT2D eigenvalue weighted by molar-refractivity contribution is 0.411. The fourth-order valence-corrected chi connectivity index (χ4v) is 2.89. The number of aromatic nitrogens is 1. The number of rotatable bonds is 2. The lowest BCUT2D eigenvalue weighted by Crippen LogP contribution is -2.08. The van der Waals surface area contributed by atoms with Gasteiger partial charge in [0.1, 0.15) is 0 Å². The second kappa shape index (κ2) is 5.85. The molecule has 0 radical (unpaired) electrons. The van der Waals surface area contributed by atoms with Crippen LogP contribution in [0.4, 0.5) is 0 Å². The number of nitriles is 1. The Labute approximate surface area is 137 Å². The standard InChI is InChI=1S/C21H20N2/c1-21(2,3)11-16-6-9-18-13-23-14-20(19(18)10-16)17-7-4-15(12-22)5-8-17/h4-10,13-14H,11H2,1-3H3. The molecule has 23 heavy (non-hydrogen) atoms. The van der Waals surface area contributed by atoms with E-state index in [9.17, 15) is 0 Å². The largest absolute Gasteiger partial charge is 0.263 e. The number of nitrogens with zero attached hydrogens (tertiary/aromatic N) is 2. The molecule has 2 heteroatoms. The summed E-state index contributed by atoms with van der Waals surface area (Å²) in [7, 11) is 0. The van der Waals surface area contributed by atoms with E-state index in [-0.39, 0.29) is 5.41 Å². The number of hydrogen-bond donors (Lipinski definition) is 0. The van der Waals surface area contributed by atoms with E-state index >= 15 is 0 Å². The van der Waals surface area contributed by atoms with Gasteiger partial charge in [-0.2, -0.15) is 5.26 Å². The van der Waals surface area contributed by atoms with E-state index in [1.807, 2.05) is 36.7 Å². The van der Waals surface area contributed by atoms with Crippen LogP contribution < -0.4 is 0 Å². The fourth-order valence-electron chi connectivity index (χ4n) is 2.89. The molecule has 0 N–H and O–H groups in total. The smallest absolute Gasteiger partial charge is 0.0991 e. The van der Waals surface area contributed by atoms with Crippen LogP contribution in [-0.4, -0.2) is 4.98 Å². The third-order valence-corrected chi connectivity index (χ3v) is 3.88. The molecule has 114 valence electrons. The average Bonchev–Trinajstić information content (AvgIpc) is 2.53. The highest BCUT2D eigenvalue weighted by Crippen LogP contribution is 2.30. The molecule has 3 aromatic rings. The number of hydrogen-bond acceptors (Lipinski definition) is 2. The Bertz CT molecular complexity index is 878. The summed E-state index contributed by atoms with van der Waals surface area (Å²) in [5.41, 5.74) is 4.48. The molecule has 3 rings (SSSR count). The van der Waals surface area contributed by atoms with Gasteiger partial charge in [0.05, 0.1) is 11.6 Å². The minimum Gasteiger partial charge on any atom is -0.263 e. The Morgan fingerprint density at radius 2 is 1.74 bits per heavy atom. The minimum absolute atomic E-state index is 0.259. The second-order valence-electron chi connectivity index (χ2n) is 7.17. The Balaban J connectivity index is 2.12. The predicted octanol–water partition coefficient (Wildman–Crippen LogP) is 5.36. The van der Waals surface area contributed by atoms with E-state index in [2.05, 4.69) is 50.0 Å². The minimum atomic E-state index is 0.259. The molecule has 0 amide bonds. The molecular formula is C21H20N2. The molecule has 1 aromatic heterocycles. The van der Waals surface area contributed by atoms with E-state index in [4.69, 9.17) is 5.26 Å². The Hall–Kier alpha value is -2.66. The summed E-state index contributed by atoms with van der Waals surface area (Å²) >= 11 is 0. The highest BCUT2D eigenvalue weighted by atomic mass is 14.6. The van der Waals surface area contributed by atoms with E-state index in [1.54, 1.807) is 0 Å². The lowest BCUT2D eigenvalue weighted by atomic mass is 9.87. The summed E-state index contributed by atoms with van der Waals surface area (Å²) in [4.78, 5) is 4.37. The molecule has 0 spiro atoms. The zero-order valence-corrected chi connectivity index (χ0v) is 13.8. The molecule has 0 unspecified atom stereocenters. The van der Waals surface area contributed by atoms with Crippen molar-refractivity contribution in [2.75, 3.05) is 0 Å². The van der Waals surface area contributed by atoms with Gasteiger partial charge in [-0.05, 0) is 40.5 Å². The normalized spacial score (nSPS) is 11.4. The fraction of sp³-hybridized carbons (Fsp3) is 0.238. The third kappa shape index (κ3) is 3.40. The molecule has 0 bridgehead atoms. The summed E-state index contributed by atoms with van der Waals surface area (Å²) < 4.78 is 0. The molecule has 2 nitrogen and oxygen atoms in total. The van der Waals surface area contributed by atoms with Crippen molar-refractivity contribution in [1.29, 1.82) is 5.26 Å². The average molecular weight is 300 g/mol. The molecule has 0 saturated carbocycles. The molecule has 0 saturated heterocycles. The van der Waals surface area contributed by atoms with Crippen molar-refractivity contribution in [3.8, 4) is 17.2 Å². The Morgan fingerprint density at radius 3 is 2.39 bits per heavy atom. The van der Waals surface area contributed by atoms with Crippen LogP contribution in [0.3, 0.4) is 0 Å². The maximum Gasteiger partial charge on any atom is 0.0991 e. The highest BCUT2D eigenvalue weighted by molar-refractivity contribution is 5.96. The first kappa shape index (κ1) is 15.2. The van der Waals surface area contributed by atoms with Crippen LogP contribution in [0, 0.1) is 16.7 Å². The lowest BCUT2D eigenvalue weighted by Gasteiger charge is -2.18. The van der Waals surface area contributed by atoms with Crippen LogP contribution in [0.1, 0.15) is 31.9 Å². The molecule has 0 aliphatic carbocycles. The van der Waals surface area contributed by atoms with Gasteiger partial charge in [0.15, 0.2) is 0 Å². The molecule has 1 heterocycles. The number of benzene rings is 2. The van der Waals surface area contributed by atoms with Crippen LogP contribution in [0.15, 0.2) is 54.9 Å². The van der Waals surface area contributed by atoms with Crippen molar-refractivity contribution < 1.29 is 0 Å². The summed E-state index contributed by atoms with van der Waals surface area (Å²) in [5, 5.41) is 11.3. The van der Waals surface area contributed by atoms with Gasteiger partial charge in [-0.25, -0.2) is 0 Å². The summed E-state index contributed by atoms with van der Waals surface area (Å²) in [6, 6.07) is 16.5. The van der Waals surface area contributed by atoms with Gasteiger partial charge in [0, 0.05) is 23.3 Å². The van der Waals surface area contributed by atoms with E-state index < -0.39 is 0 Å². The Kier molecular flexibility index (Phi) is 3.88. The van der Waals surface area contributed by atoms with Gasteiger partial charge >= 0.3 is 0 Å². The number of pyridine rings is 1. The van der Waals surface area contributed by atoms with E-state index in [0.29, 0.717) is 5.56 Å². The molecule has 0 aliphatic rings. The van der Waals surface area contributed by atoms with Gasteiger partial charge in [0.25, 0.3) is 0 Å². The summed E-state index contributed by atoms with van der Waals surface area (Å²) in [6.45, 7) is 6.77. The third-order valence-electron chi connectivity index (χ3n) is 3.88. The molecule has 0 aliphatic heterocycles. The van der Waals surface area contributed by atoms with Gasteiger partial charge in [0.2, 0.25) is 0 Å². The van der Waals surface area contributed by atoms with Gasteiger partial charge < -0.3 is 0 Å². The SMILES string of the molecule is CC(C)(C)Cc1ccc2cncc(-c3ccc(C#N)cc3)c2c1. The molecular weight excluding hydrogens is 280 g/mol. The van der Waals surface area contributed by atoms with Crippen molar-refractivity contribution >= 4 is 10.8 Å². The van der Waals surface area contributed by atoms with E-state index in [1.165, 1.54) is 10.9 Å². The van der Waals surface area contributed by atoms with Crippen LogP contribution in [0.5, 0.6) is 0 Å². The van der Waals surface area contributed by atoms with Crippen LogP contribution in [-0.2, 0) is 6.42 Å². The van der Waals surface area contributed by atoms with Crippen molar-refractivity contribution in [3.05, 3.63) is 66.0 Å². The maximum atomic E-state index is 8.95. The predicted molar refractivity (Wildman–Crippen MR) is 95.1 cm³/mol. The van der Waals surface area contributed by atoms with Gasteiger partial charge in [-0.1, -0.05) is 51.1 Å². The quantitative estimate of drug-likeness (QED) is 0.638. The second-order valence-corrected chi connectivity index (χ2v) is 7.17. The van der Waals surface area contributed by atoms with Crippen molar-refractivity contribution in [2.24, 2.45) is 5.41 Å². The summed E-state index contributed by atoms with van der Waals surface area (Å²) in [5.74, 6) is 0. The van der Waals surface area contributed by atoms with Crippen molar-refractivity contribution in [1.82, 2.24) is 4.98 Å². The van der Waals surface area contributed by atoms with Gasteiger partial charge in [-0.3, -0.25) is 4.98 Å². The van der Waals surface area contributed by atoms with Crippen LogP contribution in [0.25, 0.3) is 21.9 Å². The van der Waals surface area contributed by atoms with Crippen molar-refractivity contribution in [3.63, 3.8) is 0 Å². The van der Waals surface area contributed by atoms with E-state index in [0.717, 1.165) is 22.9 Å². The Morgan fingerprint density at radius 1 is 1.00 bits per heavy atom. The first-order chi connectivity index (χ1) is 11.0. The molecule has 2 aromatic carbocycles. The van der Waals surface area contributed by atoms with Crippen molar-refractivity contribution in [2.45, 2.75) is 27.2 Å². The van der Waals surface area contributed by atoms with Gasteiger partial charge in [-0.15, -0.1) is 0 Å². The van der Waals surface area contributed by atoms with Crippen LogP contribution in [0.2, 0.25) is 0 Å². The zero-order valence-electron chi connectivity index (χ0n) is 13.8. The first-order valence-electron chi connectivity index (χ1n) is 7.83. The molecule has 0 fully saturated rings. The summed E-state index contributed by atoms with van der Waals surface area (Å²) in [6.07, 6.45) is 4.85. The molecule has 0 atom stereocenters. The van der Waals surface area contributed by atoms with Crippen LogP contribution >= 0.6 is 0 Å². The number of fused-ring (bicyclic) bond motifs is 1.